The van der Waals surface area contributed by atoms with Crippen LogP contribution in [0.4, 0.5) is 15.8 Å². The molecule has 6 heteroatoms. The summed E-state index contributed by atoms with van der Waals surface area (Å²) in [4.78, 5) is 23.2. The van der Waals surface area contributed by atoms with E-state index < -0.39 is 0 Å². The van der Waals surface area contributed by atoms with Gasteiger partial charge in [-0.3, -0.25) is 9.59 Å². The number of ether oxygens (including phenoxy) is 1. The van der Waals surface area contributed by atoms with E-state index in [0.717, 1.165) is 11.3 Å². The van der Waals surface area contributed by atoms with Crippen molar-refractivity contribution in [3.05, 3.63) is 53.8 Å². The molecule has 2 aromatic rings. The van der Waals surface area contributed by atoms with Gasteiger partial charge in [0.05, 0.1) is 13.0 Å². The van der Waals surface area contributed by atoms with E-state index >= 15 is 0 Å². The number of rotatable bonds is 6. The number of nitrogens with one attached hydrogen (secondary N) is 2. The molecule has 0 radical (unpaired) electrons. The number of amides is 2. The second kappa shape index (κ2) is 7.12. The van der Waals surface area contributed by atoms with Crippen LogP contribution in [-0.2, 0) is 16.0 Å². The van der Waals surface area contributed by atoms with Gasteiger partial charge in [-0.1, -0.05) is 6.07 Å². The summed E-state index contributed by atoms with van der Waals surface area (Å²) >= 11 is 0. The van der Waals surface area contributed by atoms with Crippen molar-refractivity contribution in [1.82, 2.24) is 0 Å². The Morgan fingerprint density at radius 1 is 1.25 bits per heavy atom. The number of fused-ring (bicyclic) bond motifs is 1. The Morgan fingerprint density at radius 3 is 2.96 bits per heavy atom. The van der Waals surface area contributed by atoms with Crippen molar-refractivity contribution in [2.24, 2.45) is 0 Å². The number of anilines is 2. The lowest BCUT2D eigenvalue weighted by Crippen LogP contribution is -2.13. The molecule has 0 saturated carbocycles. The van der Waals surface area contributed by atoms with Crippen LogP contribution in [0.15, 0.2) is 42.5 Å². The van der Waals surface area contributed by atoms with Crippen molar-refractivity contribution in [3.63, 3.8) is 0 Å². The van der Waals surface area contributed by atoms with Crippen LogP contribution in [0.25, 0.3) is 0 Å². The highest BCUT2D eigenvalue weighted by Crippen LogP contribution is 2.26. The fraction of sp³-hybridized carbons (Fsp3) is 0.222. The van der Waals surface area contributed by atoms with Gasteiger partial charge in [0, 0.05) is 23.9 Å². The normalized spacial score (nSPS) is 12.5. The Balaban J connectivity index is 1.43. The molecule has 0 aliphatic carbocycles. The number of carbonyl (C=O) groups is 2. The van der Waals surface area contributed by atoms with E-state index in [1.54, 1.807) is 30.3 Å². The second-order valence-corrected chi connectivity index (χ2v) is 5.55. The topological polar surface area (TPSA) is 67.4 Å². The van der Waals surface area contributed by atoms with Crippen LogP contribution in [-0.4, -0.2) is 18.4 Å². The molecule has 0 unspecified atom stereocenters. The zero-order chi connectivity index (χ0) is 16.9. The Kier molecular flexibility index (Phi) is 4.74. The van der Waals surface area contributed by atoms with Gasteiger partial charge in [-0.05, 0) is 42.3 Å². The van der Waals surface area contributed by atoms with Crippen LogP contribution in [0.5, 0.6) is 5.75 Å². The molecule has 0 spiro atoms. The third kappa shape index (κ3) is 4.10. The zero-order valence-electron chi connectivity index (χ0n) is 13.0. The largest absolute Gasteiger partial charge is 0.493 e. The lowest BCUT2D eigenvalue weighted by atomic mass is 10.1. The first kappa shape index (κ1) is 16.0. The van der Waals surface area contributed by atoms with Gasteiger partial charge in [-0.2, -0.15) is 0 Å². The highest BCUT2D eigenvalue weighted by atomic mass is 19.1. The minimum Gasteiger partial charge on any atom is -0.493 e. The minimum absolute atomic E-state index is 0.0389. The van der Waals surface area contributed by atoms with Crippen LogP contribution < -0.4 is 15.4 Å². The highest BCUT2D eigenvalue weighted by molar-refractivity contribution is 6.00. The zero-order valence-corrected chi connectivity index (χ0v) is 13.0. The average molecular weight is 328 g/mol. The SMILES string of the molecule is O=C(CCCOc1cccc(F)c1)Nc1ccc2c(c1)CC(=O)N2. The predicted molar refractivity (Wildman–Crippen MR) is 88.5 cm³/mol. The summed E-state index contributed by atoms with van der Waals surface area (Å²) in [7, 11) is 0. The van der Waals surface area contributed by atoms with E-state index in [1.807, 2.05) is 0 Å². The van der Waals surface area contributed by atoms with Gasteiger partial charge in [0.15, 0.2) is 0 Å². The monoisotopic (exact) mass is 328 g/mol. The molecular formula is C18H17FN2O3. The Hall–Kier alpha value is -2.89. The van der Waals surface area contributed by atoms with E-state index in [9.17, 15) is 14.0 Å². The third-order valence-corrected chi connectivity index (χ3v) is 3.63. The average Bonchev–Trinajstić information content (AvgIpc) is 2.91. The number of benzene rings is 2. The van der Waals surface area contributed by atoms with E-state index in [2.05, 4.69) is 10.6 Å². The summed E-state index contributed by atoms with van der Waals surface area (Å²) in [5, 5.41) is 5.55. The molecule has 1 heterocycles. The Bertz CT molecular complexity index is 777. The molecule has 2 amide bonds. The molecule has 0 bridgehead atoms. The van der Waals surface area contributed by atoms with Gasteiger partial charge in [-0.15, -0.1) is 0 Å². The first-order valence-corrected chi connectivity index (χ1v) is 7.71. The predicted octanol–water partition coefficient (Wildman–Crippen LogP) is 3.12. The van der Waals surface area contributed by atoms with E-state index in [0.29, 0.717) is 37.3 Å². The van der Waals surface area contributed by atoms with E-state index in [1.165, 1.54) is 12.1 Å². The fourth-order valence-electron chi connectivity index (χ4n) is 2.51. The van der Waals surface area contributed by atoms with Crippen LogP contribution in [0.1, 0.15) is 18.4 Å². The van der Waals surface area contributed by atoms with Gasteiger partial charge in [0.1, 0.15) is 11.6 Å². The van der Waals surface area contributed by atoms with Gasteiger partial charge < -0.3 is 15.4 Å². The highest BCUT2D eigenvalue weighted by Gasteiger charge is 2.17. The first-order chi connectivity index (χ1) is 11.6. The van der Waals surface area contributed by atoms with Gasteiger partial charge in [0.25, 0.3) is 0 Å². The molecule has 124 valence electrons. The maximum Gasteiger partial charge on any atom is 0.228 e. The molecule has 2 aromatic carbocycles. The van der Waals surface area contributed by atoms with E-state index in [-0.39, 0.29) is 17.6 Å². The number of carbonyl (C=O) groups excluding carboxylic acids is 2. The van der Waals surface area contributed by atoms with Crippen molar-refractivity contribution in [3.8, 4) is 5.75 Å². The maximum absolute atomic E-state index is 13.0. The lowest BCUT2D eigenvalue weighted by molar-refractivity contribution is -0.116. The molecule has 2 N–H and O–H groups in total. The van der Waals surface area contributed by atoms with Crippen molar-refractivity contribution in [2.45, 2.75) is 19.3 Å². The lowest BCUT2D eigenvalue weighted by Gasteiger charge is -2.08. The third-order valence-electron chi connectivity index (χ3n) is 3.63. The molecule has 1 aliphatic rings. The number of hydrogen-bond donors (Lipinski definition) is 2. The summed E-state index contributed by atoms with van der Waals surface area (Å²) < 4.78 is 18.4. The molecule has 1 aliphatic heterocycles. The Morgan fingerprint density at radius 2 is 2.12 bits per heavy atom. The smallest absolute Gasteiger partial charge is 0.228 e. The summed E-state index contributed by atoms with van der Waals surface area (Å²) in [5.74, 6) is -0.0703. The summed E-state index contributed by atoms with van der Waals surface area (Å²) in [6.07, 6.45) is 1.15. The second-order valence-electron chi connectivity index (χ2n) is 5.55. The first-order valence-electron chi connectivity index (χ1n) is 7.71. The van der Waals surface area contributed by atoms with Gasteiger partial charge >= 0.3 is 0 Å². The molecule has 0 aromatic heterocycles. The minimum atomic E-state index is -0.352. The quantitative estimate of drug-likeness (QED) is 0.801. The standard InChI is InChI=1S/C18H17FN2O3/c19-13-3-1-4-15(11-13)24-8-2-5-17(22)20-14-6-7-16-12(9-14)10-18(23)21-16/h1,3-4,6-7,9,11H,2,5,8,10H2,(H,20,22)(H,21,23). The maximum atomic E-state index is 13.0. The molecule has 0 atom stereocenters. The molecule has 0 saturated heterocycles. The van der Waals surface area contributed by atoms with Crippen molar-refractivity contribution >= 4 is 23.2 Å². The Labute approximate surface area is 138 Å². The van der Waals surface area contributed by atoms with Crippen LogP contribution in [0.2, 0.25) is 0 Å². The van der Waals surface area contributed by atoms with E-state index in [4.69, 9.17) is 4.74 Å². The summed E-state index contributed by atoms with van der Waals surface area (Å²) in [6, 6.07) is 11.2. The molecular weight excluding hydrogens is 311 g/mol. The number of hydrogen-bond acceptors (Lipinski definition) is 3. The van der Waals surface area contributed by atoms with Crippen molar-refractivity contribution in [2.75, 3.05) is 17.2 Å². The van der Waals surface area contributed by atoms with Crippen molar-refractivity contribution in [1.29, 1.82) is 0 Å². The van der Waals surface area contributed by atoms with Crippen molar-refractivity contribution < 1.29 is 18.7 Å². The van der Waals surface area contributed by atoms with Gasteiger partial charge in [0.2, 0.25) is 11.8 Å². The number of halogens is 1. The molecule has 0 fully saturated rings. The molecule has 5 nitrogen and oxygen atoms in total. The van der Waals surface area contributed by atoms with Crippen LogP contribution in [0.3, 0.4) is 0 Å². The van der Waals surface area contributed by atoms with Crippen LogP contribution >= 0.6 is 0 Å². The fourth-order valence-corrected chi connectivity index (χ4v) is 2.51. The summed E-state index contributed by atoms with van der Waals surface area (Å²) in [5.41, 5.74) is 2.34. The van der Waals surface area contributed by atoms with Gasteiger partial charge in [-0.25, -0.2) is 4.39 Å². The summed E-state index contributed by atoms with van der Waals surface area (Å²) in [6.45, 7) is 0.333. The van der Waals surface area contributed by atoms with Crippen LogP contribution in [0, 0.1) is 5.82 Å². The molecule has 3 rings (SSSR count). The molecule has 24 heavy (non-hydrogen) atoms.